The van der Waals surface area contributed by atoms with E-state index < -0.39 is 12.2 Å². The summed E-state index contributed by atoms with van der Waals surface area (Å²) in [4.78, 5) is 35.9. The number of esters is 1. The number of imide groups is 1. The van der Waals surface area contributed by atoms with Crippen LogP contribution < -0.4 is 0 Å². The first kappa shape index (κ1) is 11.7. The Balaban J connectivity index is 1.68. The van der Waals surface area contributed by atoms with Crippen molar-refractivity contribution < 1.29 is 19.1 Å². The van der Waals surface area contributed by atoms with Gasteiger partial charge in [-0.25, -0.2) is 4.90 Å². The van der Waals surface area contributed by atoms with Gasteiger partial charge in [-0.05, 0) is 31.1 Å². The molecule has 4 unspecified atom stereocenters. The van der Waals surface area contributed by atoms with E-state index >= 15 is 0 Å². The quantitative estimate of drug-likeness (QED) is 0.418. The van der Waals surface area contributed by atoms with Gasteiger partial charge in [0.1, 0.15) is 0 Å². The van der Waals surface area contributed by atoms with Gasteiger partial charge in [0.2, 0.25) is 11.8 Å². The monoisotopic (exact) mass is 251 g/mol. The first-order valence-corrected chi connectivity index (χ1v) is 6.59. The lowest BCUT2D eigenvalue weighted by atomic mass is 9.87. The normalized spacial score (nSPS) is 37.6. The molecule has 0 spiro atoms. The summed E-state index contributed by atoms with van der Waals surface area (Å²) in [5.41, 5.74) is 0. The van der Waals surface area contributed by atoms with Crippen molar-refractivity contribution in [1.29, 1.82) is 0 Å². The minimum absolute atomic E-state index is 0.0222. The van der Waals surface area contributed by atoms with Gasteiger partial charge in [-0.15, -0.1) is 0 Å². The molecule has 1 heterocycles. The zero-order chi connectivity index (χ0) is 12.9. The molecule has 0 aromatic carbocycles. The van der Waals surface area contributed by atoms with Gasteiger partial charge in [-0.1, -0.05) is 6.42 Å². The molecule has 18 heavy (non-hydrogen) atoms. The second-order valence-electron chi connectivity index (χ2n) is 5.65. The Morgan fingerprint density at radius 2 is 2.06 bits per heavy atom. The molecule has 3 rings (SSSR count). The second-order valence-corrected chi connectivity index (χ2v) is 5.65. The predicted octanol–water partition coefficient (Wildman–Crippen LogP) is 1.07. The highest BCUT2D eigenvalue weighted by molar-refractivity contribution is 6.01. The van der Waals surface area contributed by atoms with E-state index in [0.717, 1.165) is 24.2 Å². The molecule has 2 saturated carbocycles. The highest BCUT2D eigenvalue weighted by atomic mass is 16.6. The molecule has 1 saturated heterocycles. The number of hydrogen-bond acceptors (Lipinski definition) is 4. The van der Waals surface area contributed by atoms with E-state index in [9.17, 15) is 14.4 Å². The van der Waals surface area contributed by atoms with Crippen LogP contribution in [0.5, 0.6) is 0 Å². The number of carbonyl (C=O) groups is 3. The average Bonchev–Trinajstić information content (AvgIpc) is 2.88. The molecular weight excluding hydrogens is 234 g/mol. The molecule has 3 aliphatic rings. The first-order chi connectivity index (χ1) is 8.56. The van der Waals surface area contributed by atoms with Crippen molar-refractivity contribution in [2.75, 3.05) is 0 Å². The highest BCUT2D eigenvalue weighted by Crippen LogP contribution is 2.49. The van der Waals surface area contributed by atoms with Crippen molar-refractivity contribution in [3.63, 3.8) is 0 Å². The molecule has 5 nitrogen and oxygen atoms in total. The SMILES string of the molecule is CC(=O)OC1CC(=O)N1C(=O)C1CC2CCC1C2. The van der Waals surface area contributed by atoms with Gasteiger partial charge in [0.15, 0.2) is 6.23 Å². The number of nitrogens with zero attached hydrogens (tertiary/aromatic N) is 1. The molecule has 5 heteroatoms. The highest BCUT2D eigenvalue weighted by Gasteiger charge is 2.50. The molecule has 2 aliphatic carbocycles. The van der Waals surface area contributed by atoms with Gasteiger partial charge in [-0.2, -0.15) is 0 Å². The Kier molecular flexibility index (Phi) is 2.64. The summed E-state index contributed by atoms with van der Waals surface area (Å²) in [5, 5.41) is 0. The Morgan fingerprint density at radius 3 is 2.56 bits per heavy atom. The third kappa shape index (κ3) is 1.72. The lowest BCUT2D eigenvalue weighted by Gasteiger charge is -2.39. The van der Waals surface area contributed by atoms with Gasteiger partial charge in [0.05, 0.1) is 6.42 Å². The standard InChI is InChI=1S/C13H17NO4/c1-7(15)18-12-6-11(16)14(12)13(17)10-5-8-2-3-9(10)4-8/h8-10,12H,2-6H2,1H3. The van der Waals surface area contributed by atoms with E-state index in [4.69, 9.17) is 4.74 Å². The summed E-state index contributed by atoms with van der Waals surface area (Å²) in [6.45, 7) is 1.29. The molecule has 2 bridgehead atoms. The summed E-state index contributed by atoms with van der Waals surface area (Å²) in [6, 6.07) is 0. The number of carbonyl (C=O) groups excluding carboxylic acids is 3. The van der Waals surface area contributed by atoms with Crippen LogP contribution in [0.2, 0.25) is 0 Å². The number of amides is 2. The van der Waals surface area contributed by atoms with Crippen LogP contribution in [0, 0.1) is 17.8 Å². The minimum atomic E-state index is -0.651. The number of rotatable bonds is 2. The zero-order valence-electron chi connectivity index (χ0n) is 10.4. The van der Waals surface area contributed by atoms with Gasteiger partial charge in [0.25, 0.3) is 0 Å². The molecule has 0 aromatic rings. The van der Waals surface area contributed by atoms with Crippen molar-refractivity contribution in [2.24, 2.45) is 17.8 Å². The van der Waals surface area contributed by atoms with E-state index in [1.165, 1.54) is 13.3 Å². The number of fused-ring (bicyclic) bond motifs is 2. The number of β-lactam (4-membered cyclic amide) rings is 1. The van der Waals surface area contributed by atoms with E-state index in [1.807, 2.05) is 0 Å². The maximum atomic E-state index is 12.3. The topological polar surface area (TPSA) is 63.7 Å². The molecule has 4 atom stereocenters. The Hall–Kier alpha value is -1.39. The van der Waals surface area contributed by atoms with Crippen molar-refractivity contribution in [1.82, 2.24) is 4.90 Å². The smallest absolute Gasteiger partial charge is 0.304 e. The summed E-state index contributed by atoms with van der Waals surface area (Å²) in [5.74, 6) is 0.296. The average molecular weight is 251 g/mol. The van der Waals surface area contributed by atoms with Crippen LogP contribution in [0.4, 0.5) is 0 Å². The summed E-state index contributed by atoms with van der Waals surface area (Å²) in [7, 11) is 0. The van der Waals surface area contributed by atoms with Crippen LogP contribution in [-0.2, 0) is 19.1 Å². The van der Waals surface area contributed by atoms with Crippen molar-refractivity contribution in [3.05, 3.63) is 0 Å². The largest absolute Gasteiger partial charge is 0.441 e. The Morgan fingerprint density at radius 1 is 1.28 bits per heavy atom. The van der Waals surface area contributed by atoms with E-state index in [0.29, 0.717) is 11.8 Å². The molecule has 0 radical (unpaired) electrons. The van der Waals surface area contributed by atoms with Gasteiger partial charge in [0, 0.05) is 12.8 Å². The van der Waals surface area contributed by atoms with Crippen LogP contribution in [0.25, 0.3) is 0 Å². The molecule has 2 amide bonds. The zero-order valence-corrected chi connectivity index (χ0v) is 10.4. The van der Waals surface area contributed by atoms with Crippen molar-refractivity contribution >= 4 is 17.8 Å². The molecular formula is C13H17NO4. The molecule has 0 N–H and O–H groups in total. The molecule has 0 aromatic heterocycles. The van der Waals surface area contributed by atoms with Crippen molar-refractivity contribution in [2.45, 2.75) is 45.3 Å². The third-order valence-electron chi connectivity index (χ3n) is 4.50. The minimum Gasteiger partial charge on any atom is -0.441 e. The molecule has 3 fully saturated rings. The van der Waals surface area contributed by atoms with Crippen LogP contribution >= 0.6 is 0 Å². The van der Waals surface area contributed by atoms with Crippen LogP contribution in [-0.4, -0.2) is 28.9 Å². The summed E-state index contributed by atoms with van der Waals surface area (Å²) in [6.07, 6.45) is 3.83. The summed E-state index contributed by atoms with van der Waals surface area (Å²) >= 11 is 0. The van der Waals surface area contributed by atoms with Crippen molar-refractivity contribution in [3.8, 4) is 0 Å². The van der Waals surface area contributed by atoms with E-state index in [1.54, 1.807) is 0 Å². The summed E-state index contributed by atoms with van der Waals surface area (Å²) < 4.78 is 4.98. The number of ether oxygens (including phenoxy) is 1. The Labute approximate surface area is 105 Å². The Bertz CT molecular complexity index is 419. The van der Waals surface area contributed by atoms with Crippen LogP contribution in [0.3, 0.4) is 0 Å². The first-order valence-electron chi connectivity index (χ1n) is 6.59. The molecule has 98 valence electrons. The molecule has 1 aliphatic heterocycles. The van der Waals surface area contributed by atoms with Gasteiger partial charge < -0.3 is 4.74 Å². The maximum absolute atomic E-state index is 12.3. The maximum Gasteiger partial charge on any atom is 0.304 e. The lowest BCUT2D eigenvalue weighted by Crippen LogP contribution is -2.59. The van der Waals surface area contributed by atoms with Crippen LogP contribution in [0.1, 0.15) is 39.0 Å². The number of likely N-dealkylation sites (tertiary alicyclic amines) is 1. The van der Waals surface area contributed by atoms with E-state index in [2.05, 4.69) is 0 Å². The second kappa shape index (κ2) is 4.07. The fraction of sp³-hybridized carbons (Fsp3) is 0.769. The van der Waals surface area contributed by atoms with Crippen LogP contribution in [0.15, 0.2) is 0 Å². The fourth-order valence-electron chi connectivity index (χ4n) is 3.66. The van der Waals surface area contributed by atoms with E-state index in [-0.39, 0.29) is 24.2 Å². The lowest BCUT2D eigenvalue weighted by molar-refractivity contribution is -0.188. The fourth-order valence-corrected chi connectivity index (χ4v) is 3.66. The number of hydrogen-bond donors (Lipinski definition) is 0. The van der Waals surface area contributed by atoms with Gasteiger partial charge >= 0.3 is 5.97 Å². The van der Waals surface area contributed by atoms with Gasteiger partial charge in [-0.3, -0.25) is 14.4 Å². The predicted molar refractivity (Wildman–Crippen MR) is 61.0 cm³/mol. The third-order valence-corrected chi connectivity index (χ3v) is 4.50.